The van der Waals surface area contributed by atoms with E-state index in [0.717, 1.165) is 32.0 Å². The Morgan fingerprint density at radius 2 is 2.16 bits per heavy atom. The molecule has 3 rings (SSSR count). The quantitative estimate of drug-likeness (QED) is 0.336. The van der Waals surface area contributed by atoms with Gasteiger partial charge in [-0.2, -0.15) is 11.8 Å². The standard InChI is InChI=1S/C19H28N4S.HI/c1-3-20-18(23-14-19(2)10-6-12-24-19)21-11-9-15-13-22-17-8-5-4-7-16(15)17;/h4-5,7-8,13,22H,3,6,9-12,14H2,1-2H3,(H2,20,21,23);1H. The molecule has 1 fully saturated rings. The van der Waals surface area contributed by atoms with Crippen LogP contribution in [0.25, 0.3) is 10.9 Å². The number of benzene rings is 1. The van der Waals surface area contributed by atoms with Gasteiger partial charge in [-0.3, -0.25) is 4.99 Å². The van der Waals surface area contributed by atoms with Gasteiger partial charge in [-0.25, -0.2) is 0 Å². The van der Waals surface area contributed by atoms with Crippen LogP contribution in [0.15, 0.2) is 35.5 Å². The van der Waals surface area contributed by atoms with Crippen LogP contribution in [-0.2, 0) is 6.42 Å². The number of thioether (sulfide) groups is 1. The third kappa shape index (κ3) is 5.54. The van der Waals surface area contributed by atoms with Gasteiger partial charge in [0.25, 0.3) is 0 Å². The molecule has 2 heterocycles. The van der Waals surface area contributed by atoms with Crippen molar-refractivity contribution in [3.05, 3.63) is 36.0 Å². The van der Waals surface area contributed by atoms with Gasteiger partial charge in [0, 0.05) is 34.9 Å². The largest absolute Gasteiger partial charge is 0.361 e. The maximum atomic E-state index is 4.81. The predicted molar refractivity (Wildman–Crippen MR) is 121 cm³/mol. The summed E-state index contributed by atoms with van der Waals surface area (Å²) >= 11 is 2.06. The van der Waals surface area contributed by atoms with Gasteiger partial charge in [-0.15, -0.1) is 24.0 Å². The molecule has 4 nitrogen and oxygen atoms in total. The fourth-order valence-corrected chi connectivity index (χ4v) is 4.43. The van der Waals surface area contributed by atoms with Crippen LogP contribution in [0.4, 0.5) is 0 Å². The summed E-state index contributed by atoms with van der Waals surface area (Å²) in [7, 11) is 0. The Morgan fingerprint density at radius 3 is 2.92 bits per heavy atom. The summed E-state index contributed by atoms with van der Waals surface area (Å²) in [5.41, 5.74) is 2.56. The molecule has 25 heavy (non-hydrogen) atoms. The van der Waals surface area contributed by atoms with Crippen LogP contribution in [0.3, 0.4) is 0 Å². The van der Waals surface area contributed by atoms with Crippen molar-refractivity contribution in [3.63, 3.8) is 0 Å². The lowest BCUT2D eigenvalue weighted by molar-refractivity contribution is 0.614. The molecule has 0 spiro atoms. The summed E-state index contributed by atoms with van der Waals surface area (Å²) in [4.78, 5) is 8.16. The maximum absolute atomic E-state index is 4.81. The molecule has 0 saturated carbocycles. The van der Waals surface area contributed by atoms with Crippen molar-refractivity contribution in [2.24, 2.45) is 4.99 Å². The fraction of sp³-hybridized carbons (Fsp3) is 0.526. The molecule has 1 atom stereocenters. The highest BCUT2D eigenvalue weighted by molar-refractivity contribution is 14.0. The van der Waals surface area contributed by atoms with Crippen LogP contribution in [0.5, 0.6) is 0 Å². The van der Waals surface area contributed by atoms with E-state index < -0.39 is 0 Å². The zero-order valence-electron chi connectivity index (χ0n) is 15.1. The lowest BCUT2D eigenvalue weighted by Gasteiger charge is -2.21. The van der Waals surface area contributed by atoms with E-state index in [1.54, 1.807) is 0 Å². The average molecular weight is 472 g/mol. The number of nitrogens with one attached hydrogen (secondary N) is 3. The molecule has 138 valence electrons. The van der Waals surface area contributed by atoms with Crippen molar-refractivity contribution < 1.29 is 0 Å². The molecule has 1 saturated heterocycles. The topological polar surface area (TPSA) is 52.2 Å². The number of guanidine groups is 1. The summed E-state index contributed by atoms with van der Waals surface area (Å²) < 4.78 is 0.319. The molecule has 1 aliphatic rings. The normalized spacial score (nSPS) is 20.5. The molecule has 1 unspecified atom stereocenters. The molecule has 0 radical (unpaired) electrons. The Bertz CT molecular complexity index is 692. The van der Waals surface area contributed by atoms with Gasteiger partial charge in [0.2, 0.25) is 0 Å². The number of hydrogen-bond donors (Lipinski definition) is 3. The van der Waals surface area contributed by atoms with E-state index in [1.807, 2.05) is 0 Å². The number of nitrogens with zero attached hydrogens (tertiary/aromatic N) is 1. The molecule has 2 aromatic rings. The van der Waals surface area contributed by atoms with Crippen molar-refractivity contribution in [2.45, 2.75) is 37.9 Å². The van der Waals surface area contributed by atoms with E-state index >= 15 is 0 Å². The number of hydrogen-bond acceptors (Lipinski definition) is 2. The summed E-state index contributed by atoms with van der Waals surface area (Å²) in [6, 6.07) is 8.47. The van der Waals surface area contributed by atoms with E-state index in [9.17, 15) is 0 Å². The van der Waals surface area contributed by atoms with Crippen molar-refractivity contribution in [3.8, 4) is 0 Å². The molecule has 0 bridgehead atoms. The van der Waals surface area contributed by atoms with Gasteiger partial charge in [-0.1, -0.05) is 18.2 Å². The second kappa shape index (κ2) is 9.71. The third-order valence-corrected chi connectivity index (χ3v) is 6.10. The molecular weight excluding hydrogens is 443 g/mol. The van der Waals surface area contributed by atoms with Crippen LogP contribution in [0, 0.1) is 0 Å². The average Bonchev–Trinajstić information content (AvgIpc) is 3.20. The molecule has 3 N–H and O–H groups in total. The molecule has 1 aromatic carbocycles. The van der Waals surface area contributed by atoms with E-state index in [0.29, 0.717) is 4.75 Å². The highest BCUT2D eigenvalue weighted by atomic mass is 127. The predicted octanol–water partition coefficient (Wildman–Crippen LogP) is 4.17. The zero-order valence-corrected chi connectivity index (χ0v) is 18.2. The van der Waals surface area contributed by atoms with Crippen LogP contribution in [0.2, 0.25) is 0 Å². The summed E-state index contributed by atoms with van der Waals surface area (Å²) in [6.45, 7) is 7.12. The number of aliphatic imine (C=N–C) groups is 1. The molecule has 0 aliphatic carbocycles. The van der Waals surface area contributed by atoms with Crippen molar-refractivity contribution in [1.29, 1.82) is 0 Å². The lowest BCUT2D eigenvalue weighted by atomic mass is 10.1. The van der Waals surface area contributed by atoms with E-state index in [4.69, 9.17) is 4.99 Å². The van der Waals surface area contributed by atoms with Gasteiger partial charge in [0.05, 0.1) is 6.54 Å². The number of rotatable bonds is 6. The van der Waals surface area contributed by atoms with Crippen molar-refractivity contribution >= 4 is 52.6 Å². The summed E-state index contributed by atoms with van der Waals surface area (Å²) in [5, 5.41) is 8.16. The summed E-state index contributed by atoms with van der Waals surface area (Å²) in [5.74, 6) is 2.21. The van der Waals surface area contributed by atoms with Gasteiger partial charge in [-0.05, 0) is 50.5 Å². The Balaban J connectivity index is 0.00000225. The number of para-hydroxylation sites is 1. The third-order valence-electron chi connectivity index (χ3n) is 4.58. The molecular formula is C19H29IN4S. The van der Waals surface area contributed by atoms with Crippen LogP contribution in [-0.4, -0.2) is 41.1 Å². The minimum Gasteiger partial charge on any atom is -0.361 e. The van der Waals surface area contributed by atoms with Crippen LogP contribution < -0.4 is 10.6 Å². The Kier molecular flexibility index (Phi) is 7.93. The van der Waals surface area contributed by atoms with Gasteiger partial charge >= 0.3 is 0 Å². The summed E-state index contributed by atoms with van der Waals surface area (Å²) in [6.07, 6.45) is 5.70. The van der Waals surface area contributed by atoms with Gasteiger partial charge in [0.1, 0.15) is 0 Å². The molecule has 1 aromatic heterocycles. The minimum atomic E-state index is 0. The Hall–Kier alpha value is -0.890. The highest BCUT2D eigenvalue weighted by Gasteiger charge is 2.29. The first-order valence-corrected chi connectivity index (χ1v) is 9.90. The molecule has 6 heteroatoms. The Morgan fingerprint density at radius 1 is 1.32 bits per heavy atom. The van der Waals surface area contributed by atoms with Gasteiger partial charge < -0.3 is 15.6 Å². The lowest BCUT2D eigenvalue weighted by Crippen LogP contribution is -2.39. The van der Waals surface area contributed by atoms with Crippen molar-refractivity contribution in [1.82, 2.24) is 15.6 Å². The number of H-pyrrole nitrogens is 1. The molecule has 1 aliphatic heterocycles. The smallest absolute Gasteiger partial charge is 0.191 e. The number of aromatic amines is 1. The number of halogens is 1. The second-order valence-electron chi connectivity index (χ2n) is 6.63. The van der Waals surface area contributed by atoms with Crippen molar-refractivity contribution in [2.75, 3.05) is 25.4 Å². The first kappa shape index (κ1) is 20.4. The highest BCUT2D eigenvalue weighted by Crippen LogP contribution is 2.37. The van der Waals surface area contributed by atoms with Gasteiger partial charge in [0.15, 0.2) is 5.96 Å². The maximum Gasteiger partial charge on any atom is 0.191 e. The van der Waals surface area contributed by atoms with E-state index in [1.165, 1.54) is 35.1 Å². The van der Waals surface area contributed by atoms with Crippen LogP contribution >= 0.6 is 35.7 Å². The van der Waals surface area contributed by atoms with Crippen LogP contribution in [0.1, 0.15) is 32.3 Å². The first-order chi connectivity index (χ1) is 11.7. The second-order valence-corrected chi connectivity index (χ2v) is 8.32. The SMILES string of the molecule is CCNC(=NCC1(C)CCCS1)NCCc1c[nH]c2ccccc12.I. The minimum absolute atomic E-state index is 0. The number of fused-ring (bicyclic) bond motifs is 1. The fourth-order valence-electron chi connectivity index (χ4n) is 3.20. The Labute approximate surface area is 172 Å². The first-order valence-electron chi connectivity index (χ1n) is 8.91. The van der Waals surface area contributed by atoms with E-state index in [-0.39, 0.29) is 24.0 Å². The monoisotopic (exact) mass is 472 g/mol. The zero-order chi connectivity index (χ0) is 16.8. The molecule has 0 amide bonds. The van der Waals surface area contributed by atoms with E-state index in [2.05, 4.69) is 71.7 Å². The number of aromatic nitrogens is 1.